The van der Waals surface area contributed by atoms with Gasteiger partial charge in [-0.25, -0.2) is 0 Å². The number of rotatable bonds is 5. The van der Waals surface area contributed by atoms with Gasteiger partial charge in [0, 0.05) is 0 Å². The summed E-state index contributed by atoms with van der Waals surface area (Å²) in [5, 5.41) is 43.5. The molecule has 0 saturated carbocycles. The van der Waals surface area contributed by atoms with Crippen LogP contribution in [0.3, 0.4) is 0 Å². The van der Waals surface area contributed by atoms with Crippen LogP contribution in [0.5, 0.6) is 0 Å². The van der Waals surface area contributed by atoms with E-state index in [2.05, 4.69) is 25.5 Å². The molecule has 0 amide bonds. The number of hydrogen-bond donors (Lipinski definition) is 6. The Bertz CT molecular complexity index is 148. The van der Waals surface area contributed by atoms with Gasteiger partial charge in [0.1, 0.15) is 24.4 Å². The van der Waals surface area contributed by atoms with Crippen LogP contribution in [0.1, 0.15) is 0 Å². The zero-order valence-electron chi connectivity index (χ0n) is 7.12. The van der Waals surface area contributed by atoms with Crippen molar-refractivity contribution >= 4 is 6.29 Å². The van der Waals surface area contributed by atoms with E-state index in [4.69, 9.17) is 25.5 Å². The number of hydrogen-bond acceptors (Lipinski definition) is 7. The van der Waals surface area contributed by atoms with Crippen LogP contribution in [0.25, 0.3) is 0 Å². The molecule has 0 rings (SSSR count). The van der Waals surface area contributed by atoms with Gasteiger partial charge >= 0.3 is 25.5 Å². The average Bonchev–Trinajstić information content (AvgIpc) is 2.27. The fourth-order valence-corrected chi connectivity index (χ4v) is 0.618. The molecule has 0 spiro atoms. The second-order valence-electron chi connectivity index (χ2n) is 2.36. The zero-order valence-corrected chi connectivity index (χ0v) is 8.60. The molecular formula is C6H14AgNO6. The minimum absolute atomic E-state index is 0.0258. The molecule has 0 bridgehead atoms. The van der Waals surface area contributed by atoms with Gasteiger partial charge in [0.15, 0.2) is 6.29 Å². The van der Waals surface area contributed by atoms with Crippen molar-refractivity contribution < 1.29 is 51.7 Å². The molecule has 0 aliphatic carbocycles. The maximum absolute atomic E-state index is 9.90. The van der Waals surface area contributed by atoms with Crippen molar-refractivity contribution in [2.45, 2.75) is 24.4 Å². The Hall–Kier alpha value is 0.170. The van der Waals surface area contributed by atoms with Crippen molar-refractivity contribution in [1.29, 1.82) is 0 Å². The van der Waals surface area contributed by atoms with E-state index in [-0.39, 0.29) is 6.29 Å². The molecule has 0 heterocycles. The van der Waals surface area contributed by atoms with Crippen LogP contribution in [-0.2, 0) is 26.1 Å². The van der Waals surface area contributed by atoms with Crippen LogP contribution in [-0.4, -0.2) is 62.8 Å². The Morgan fingerprint density at radius 3 is 1.86 bits per heavy atom. The van der Waals surface area contributed by atoms with E-state index < -0.39 is 31.0 Å². The third-order valence-electron chi connectivity index (χ3n) is 1.42. The average molecular weight is 304 g/mol. The van der Waals surface area contributed by atoms with Crippen LogP contribution in [0.15, 0.2) is 0 Å². The Labute approximate surface area is 93.4 Å². The van der Waals surface area contributed by atoms with Crippen molar-refractivity contribution in [3.05, 3.63) is 0 Å². The molecule has 90 valence electrons. The second-order valence-corrected chi connectivity index (χ2v) is 2.36. The third-order valence-corrected chi connectivity index (χ3v) is 1.42. The Kier molecular flexibility index (Phi) is 11.5. The number of aliphatic hydroxyl groups excluding tert-OH is 5. The first kappa shape index (κ1) is 16.6. The molecule has 0 aromatic carbocycles. The molecule has 4 atom stereocenters. The van der Waals surface area contributed by atoms with Crippen LogP contribution in [0, 0.1) is 0 Å². The molecule has 8 heteroatoms. The van der Waals surface area contributed by atoms with E-state index in [1.54, 1.807) is 0 Å². The summed E-state index contributed by atoms with van der Waals surface area (Å²) < 4.78 is 4.31. The molecule has 0 saturated heterocycles. The molecule has 14 heavy (non-hydrogen) atoms. The quantitative estimate of drug-likeness (QED) is 0.224. The predicted molar refractivity (Wildman–Crippen MR) is 41.4 cm³/mol. The van der Waals surface area contributed by atoms with Crippen LogP contribution in [0.4, 0.5) is 0 Å². The Morgan fingerprint density at radius 1 is 1.14 bits per heavy atom. The monoisotopic (exact) mass is 303 g/mol. The van der Waals surface area contributed by atoms with E-state index >= 15 is 0 Å². The molecule has 0 radical (unpaired) electrons. The number of nitrogens with two attached hydrogens (primary N) is 1. The van der Waals surface area contributed by atoms with Crippen molar-refractivity contribution in [2.24, 2.45) is 4.14 Å². The van der Waals surface area contributed by atoms with E-state index in [0.717, 1.165) is 0 Å². The summed E-state index contributed by atoms with van der Waals surface area (Å²) in [6, 6.07) is 0. The Morgan fingerprint density at radius 2 is 1.57 bits per heavy atom. The van der Waals surface area contributed by atoms with Crippen molar-refractivity contribution in [3.8, 4) is 0 Å². The molecule has 0 aliphatic rings. The number of aliphatic hydroxyl groups is 5. The summed E-state index contributed by atoms with van der Waals surface area (Å²) in [5.74, 6) is 0. The van der Waals surface area contributed by atoms with Gasteiger partial charge in [-0.05, 0) is 0 Å². The van der Waals surface area contributed by atoms with Gasteiger partial charge in [-0.15, -0.1) is 0 Å². The molecular weight excluding hydrogens is 290 g/mol. The molecule has 0 aromatic heterocycles. The fourth-order valence-electron chi connectivity index (χ4n) is 0.618. The summed E-state index contributed by atoms with van der Waals surface area (Å²) in [5.41, 5.74) is 0. The van der Waals surface area contributed by atoms with Gasteiger partial charge in [-0.1, -0.05) is 0 Å². The first-order valence-corrected chi connectivity index (χ1v) is 4.36. The zero-order chi connectivity index (χ0) is 11.7. The van der Waals surface area contributed by atoms with Crippen molar-refractivity contribution in [3.63, 3.8) is 0 Å². The fraction of sp³-hybridized carbons (Fsp3) is 0.833. The summed E-state index contributed by atoms with van der Waals surface area (Å²) in [4.78, 5) is 9.90. The van der Waals surface area contributed by atoms with Crippen LogP contribution in [0.2, 0.25) is 0 Å². The minimum atomic E-state index is -1.79. The van der Waals surface area contributed by atoms with Gasteiger partial charge in [-0.2, -0.15) is 0 Å². The van der Waals surface area contributed by atoms with Gasteiger partial charge < -0.3 is 30.3 Å². The Balaban J connectivity index is 0. The number of carbonyl (C=O) groups excluding carboxylic acids is 1. The predicted octanol–water partition coefficient (Wildman–Crippen LogP) is -3.97. The standard InChI is InChI=1S/C6H12O6.Ag.H2N/c7-1-3(9)5(11)6(12)4(10)2-8;;/h1,3-6,8-12H,2H2;;1H2/q;+1;-1/t3-,4+,5+,6+;;/m0../s1. The molecule has 0 unspecified atom stereocenters. The molecule has 0 aliphatic heterocycles. The summed E-state index contributed by atoms with van der Waals surface area (Å²) >= 11 is 2.45. The molecule has 7 N–H and O–H groups in total. The summed E-state index contributed by atoms with van der Waals surface area (Å²) in [6.45, 7) is -0.760. The van der Waals surface area contributed by atoms with Gasteiger partial charge in [0.2, 0.25) is 0 Å². The summed E-state index contributed by atoms with van der Waals surface area (Å²) in [7, 11) is 0. The number of carbonyl (C=O) groups is 1. The SMILES string of the molecule is O=C[C@H](O)[C@@H](O)[C@H](O)[C@H](O)CO.[NH2][Ag]. The van der Waals surface area contributed by atoms with Crippen LogP contribution >= 0.6 is 0 Å². The maximum atomic E-state index is 9.90. The van der Waals surface area contributed by atoms with E-state index in [0.29, 0.717) is 0 Å². The van der Waals surface area contributed by atoms with E-state index in [1.807, 2.05) is 0 Å². The van der Waals surface area contributed by atoms with E-state index in [9.17, 15) is 4.79 Å². The normalized spacial score (nSPS) is 18.6. The summed E-state index contributed by atoms with van der Waals surface area (Å²) in [6.07, 6.45) is -6.84. The van der Waals surface area contributed by atoms with Crippen molar-refractivity contribution in [2.75, 3.05) is 6.61 Å². The van der Waals surface area contributed by atoms with Gasteiger partial charge in [0.25, 0.3) is 0 Å². The van der Waals surface area contributed by atoms with E-state index in [1.165, 1.54) is 0 Å². The molecule has 0 fully saturated rings. The molecule has 7 nitrogen and oxygen atoms in total. The second kappa shape index (κ2) is 9.71. The topological polar surface area (TPSA) is 144 Å². The van der Waals surface area contributed by atoms with Crippen LogP contribution < -0.4 is 4.14 Å². The molecule has 0 aromatic rings. The number of aldehydes is 1. The first-order chi connectivity index (χ1) is 6.54. The third kappa shape index (κ3) is 5.81. The van der Waals surface area contributed by atoms with Gasteiger partial charge in [-0.3, -0.25) is 0 Å². The van der Waals surface area contributed by atoms with Crippen molar-refractivity contribution in [1.82, 2.24) is 0 Å². The first-order valence-electron chi connectivity index (χ1n) is 3.50. The van der Waals surface area contributed by atoms with Gasteiger partial charge in [0.05, 0.1) is 6.61 Å².